The van der Waals surface area contributed by atoms with Crippen molar-refractivity contribution in [1.82, 2.24) is 0 Å². The van der Waals surface area contributed by atoms with Crippen LogP contribution >= 0.6 is 0 Å². The molecule has 0 aliphatic heterocycles. The largest absolute Gasteiger partial charge is 0.494 e. The molecule has 0 heterocycles. The van der Waals surface area contributed by atoms with Crippen LogP contribution in [0.25, 0.3) is 0 Å². The molecular formula is C16H16N2O. The molecule has 0 unspecified atom stereocenters. The highest BCUT2D eigenvalue weighted by atomic mass is 16.5. The lowest BCUT2D eigenvalue weighted by atomic mass is 10.2. The van der Waals surface area contributed by atoms with E-state index in [0.717, 1.165) is 30.2 Å². The Morgan fingerprint density at radius 2 is 1.84 bits per heavy atom. The Morgan fingerprint density at radius 3 is 2.53 bits per heavy atom. The fourth-order valence-electron chi connectivity index (χ4n) is 1.70. The van der Waals surface area contributed by atoms with Crippen molar-refractivity contribution >= 4 is 11.4 Å². The minimum Gasteiger partial charge on any atom is -0.494 e. The van der Waals surface area contributed by atoms with Crippen LogP contribution in [-0.2, 0) is 0 Å². The van der Waals surface area contributed by atoms with Gasteiger partial charge < -0.3 is 10.1 Å². The zero-order valence-electron chi connectivity index (χ0n) is 10.9. The van der Waals surface area contributed by atoms with Crippen molar-refractivity contribution in [3.05, 3.63) is 54.1 Å². The molecule has 2 aromatic carbocycles. The van der Waals surface area contributed by atoms with E-state index < -0.39 is 0 Å². The van der Waals surface area contributed by atoms with Gasteiger partial charge in [0.2, 0.25) is 0 Å². The maximum absolute atomic E-state index is 9.03. The Labute approximate surface area is 113 Å². The van der Waals surface area contributed by atoms with E-state index in [4.69, 9.17) is 10.00 Å². The Morgan fingerprint density at radius 1 is 1.11 bits per heavy atom. The highest BCUT2D eigenvalue weighted by Crippen LogP contribution is 2.22. The summed E-state index contributed by atoms with van der Waals surface area (Å²) in [5.74, 6) is 0.862. The van der Waals surface area contributed by atoms with Crippen molar-refractivity contribution < 1.29 is 4.74 Å². The molecule has 2 aromatic rings. The number of benzene rings is 2. The van der Waals surface area contributed by atoms with Crippen molar-refractivity contribution in [1.29, 1.82) is 5.26 Å². The molecule has 19 heavy (non-hydrogen) atoms. The first-order valence-electron chi connectivity index (χ1n) is 6.32. The van der Waals surface area contributed by atoms with Crippen molar-refractivity contribution in [3.8, 4) is 11.8 Å². The first kappa shape index (κ1) is 13.0. The van der Waals surface area contributed by atoms with Gasteiger partial charge in [0.15, 0.2) is 0 Å². The van der Waals surface area contributed by atoms with Gasteiger partial charge >= 0.3 is 0 Å². The Hall–Kier alpha value is -2.47. The van der Waals surface area contributed by atoms with Crippen LogP contribution < -0.4 is 10.1 Å². The number of hydrogen-bond acceptors (Lipinski definition) is 3. The molecule has 2 rings (SSSR count). The van der Waals surface area contributed by atoms with Gasteiger partial charge in [0.1, 0.15) is 11.8 Å². The molecule has 0 bridgehead atoms. The average Bonchev–Trinajstić information content (AvgIpc) is 2.47. The smallest absolute Gasteiger partial charge is 0.119 e. The Kier molecular flexibility index (Phi) is 4.41. The third-order valence-corrected chi connectivity index (χ3v) is 2.65. The zero-order valence-corrected chi connectivity index (χ0v) is 10.9. The molecule has 0 aliphatic carbocycles. The first-order valence-corrected chi connectivity index (χ1v) is 6.32. The predicted molar refractivity (Wildman–Crippen MR) is 76.7 cm³/mol. The number of ether oxygens (including phenoxy) is 1. The number of nitrogens with zero attached hydrogens (tertiary/aromatic N) is 1. The lowest BCUT2D eigenvalue weighted by Gasteiger charge is -2.09. The van der Waals surface area contributed by atoms with Gasteiger partial charge in [-0.3, -0.25) is 0 Å². The van der Waals surface area contributed by atoms with E-state index in [1.807, 2.05) is 42.5 Å². The summed E-state index contributed by atoms with van der Waals surface area (Å²) in [5, 5.41) is 12.3. The van der Waals surface area contributed by atoms with Crippen LogP contribution in [-0.4, -0.2) is 6.61 Å². The second-order valence-corrected chi connectivity index (χ2v) is 4.16. The minimum absolute atomic E-state index is 0.633. The van der Waals surface area contributed by atoms with Gasteiger partial charge in [-0.15, -0.1) is 0 Å². The van der Waals surface area contributed by atoms with E-state index in [1.165, 1.54) is 0 Å². The van der Waals surface area contributed by atoms with Gasteiger partial charge in [0, 0.05) is 5.69 Å². The number of anilines is 2. The summed E-state index contributed by atoms with van der Waals surface area (Å²) < 4.78 is 5.53. The third kappa shape index (κ3) is 3.49. The fourth-order valence-corrected chi connectivity index (χ4v) is 1.70. The normalized spacial score (nSPS) is 9.68. The van der Waals surface area contributed by atoms with E-state index in [-0.39, 0.29) is 0 Å². The van der Waals surface area contributed by atoms with E-state index in [9.17, 15) is 0 Å². The van der Waals surface area contributed by atoms with Gasteiger partial charge in [0.05, 0.1) is 17.9 Å². The van der Waals surface area contributed by atoms with E-state index in [2.05, 4.69) is 18.3 Å². The zero-order chi connectivity index (χ0) is 13.5. The third-order valence-electron chi connectivity index (χ3n) is 2.65. The standard InChI is InChI=1S/C16H16N2O/c1-2-11-19-15-9-7-14(8-10-15)18-16-6-4-3-5-13(16)12-17/h3-10,18H,2,11H2,1H3. The lowest BCUT2D eigenvalue weighted by Crippen LogP contribution is -1.96. The number of nitrogens with one attached hydrogen (secondary N) is 1. The van der Waals surface area contributed by atoms with Crippen molar-refractivity contribution in [2.45, 2.75) is 13.3 Å². The summed E-state index contributed by atoms with van der Waals surface area (Å²) in [4.78, 5) is 0. The van der Waals surface area contributed by atoms with E-state index >= 15 is 0 Å². The number of nitriles is 1. The van der Waals surface area contributed by atoms with Gasteiger partial charge in [-0.05, 0) is 42.8 Å². The molecule has 1 N–H and O–H groups in total. The summed E-state index contributed by atoms with van der Waals surface area (Å²) >= 11 is 0. The molecule has 0 saturated heterocycles. The molecule has 0 amide bonds. The molecule has 0 radical (unpaired) electrons. The van der Waals surface area contributed by atoms with Gasteiger partial charge in [-0.2, -0.15) is 5.26 Å². The monoisotopic (exact) mass is 252 g/mol. The highest BCUT2D eigenvalue weighted by molar-refractivity contribution is 5.66. The predicted octanol–water partition coefficient (Wildman–Crippen LogP) is 4.09. The van der Waals surface area contributed by atoms with Crippen LogP contribution in [0.2, 0.25) is 0 Å². The summed E-state index contributed by atoms with van der Waals surface area (Å²) in [7, 11) is 0. The second-order valence-electron chi connectivity index (χ2n) is 4.16. The second kappa shape index (κ2) is 6.46. The van der Waals surface area contributed by atoms with Gasteiger partial charge in [-0.1, -0.05) is 19.1 Å². The van der Waals surface area contributed by atoms with Crippen molar-refractivity contribution in [2.75, 3.05) is 11.9 Å². The maximum Gasteiger partial charge on any atom is 0.119 e. The molecule has 3 nitrogen and oxygen atoms in total. The minimum atomic E-state index is 0.633. The Balaban J connectivity index is 2.09. The van der Waals surface area contributed by atoms with Crippen LogP contribution in [0.5, 0.6) is 5.75 Å². The summed E-state index contributed by atoms with van der Waals surface area (Å²) in [6, 6.07) is 17.3. The SMILES string of the molecule is CCCOc1ccc(Nc2ccccc2C#N)cc1. The topological polar surface area (TPSA) is 45.0 Å². The molecule has 0 saturated carbocycles. The van der Waals surface area contributed by atoms with E-state index in [0.29, 0.717) is 5.56 Å². The molecule has 0 atom stereocenters. The molecule has 0 aliphatic rings. The summed E-state index contributed by atoms with van der Waals surface area (Å²) in [6.07, 6.45) is 0.996. The van der Waals surface area contributed by atoms with Crippen molar-refractivity contribution in [3.63, 3.8) is 0 Å². The quantitative estimate of drug-likeness (QED) is 0.871. The molecule has 3 heteroatoms. The maximum atomic E-state index is 9.03. The summed E-state index contributed by atoms with van der Waals surface area (Å²) in [6.45, 7) is 2.80. The van der Waals surface area contributed by atoms with Gasteiger partial charge in [-0.25, -0.2) is 0 Å². The Bertz CT molecular complexity index is 570. The molecule has 0 fully saturated rings. The molecule has 0 spiro atoms. The molecule has 96 valence electrons. The van der Waals surface area contributed by atoms with Crippen molar-refractivity contribution in [2.24, 2.45) is 0 Å². The van der Waals surface area contributed by atoms with Crippen LogP contribution in [0.1, 0.15) is 18.9 Å². The average molecular weight is 252 g/mol. The van der Waals surface area contributed by atoms with Crippen LogP contribution in [0.4, 0.5) is 11.4 Å². The fraction of sp³-hybridized carbons (Fsp3) is 0.188. The number of rotatable bonds is 5. The number of hydrogen-bond donors (Lipinski definition) is 1. The highest BCUT2D eigenvalue weighted by Gasteiger charge is 2.01. The lowest BCUT2D eigenvalue weighted by molar-refractivity contribution is 0.317. The van der Waals surface area contributed by atoms with E-state index in [1.54, 1.807) is 6.07 Å². The van der Waals surface area contributed by atoms with Gasteiger partial charge in [0.25, 0.3) is 0 Å². The van der Waals surface area contributed by atoms with Crippen LogP contribution in [0.15, 0.2) is 48.5 Å². The molecular weight excluding hydrogens is 236 g/mol. The molecule has 0 aromatic heterocycles. The first-order chi connectivity index (χ1) is 9.33. The summed E-state index contributed by atoms with van der Waals surface area (Å²) in [5.41, 5.74) is 2.38. The number of para-hydroxylation sites is 1. The van der Waals surface area contributed by atoms with Crippen LogP contribution in [0, 0.1) is 11.3 Å². The van der Waals surface area contributed by atoms with Crippen LogP contribution in [0.3, 0.4) is 0 Å².